The van der Waals surface area contributed by atoms with E-state index in [-0.39, 0.29) is 13.0 Å². The molecule has 0 aliphatic carbocycles. The second kappa shape index (κ2) is 14.5. The van der Waals surface area contributed by atoms with Crippen molar-refractivity contribution >= 4 is 24.0 Å². The van der Waals surface area contributed by atoms with Crippen LogP contribution in [0.25, 0.3) is 0 Å². The summed E-state index contributed by atoms with van der Waals surface area (Å²) in [5, 5.41) is 10.7. The van der Waals surface area contributed by atoms with Gasteiger partial charge in [-0.3, -0.25) is 24.5 Å². The van der Waals surface area contributed by atoms with Crippen LogP contribution in [0.3, 0.4) is 0 Å². The van der Waals surface area contributed by atoms with E-state index < -0.39 is 23.8 Å². The number of carbonyl (C=O) groups excluding carboxylic acids is 4. The molecule has 4 N–H and O–H groups in total. The van der Waals surface area contributed by atoms with Gasteiger partial charge in [0.2, 0.25) is 11.8 Å². The molecule has 0 aromatic heterocycles. The molecule has 8 nitrogen and oxygen atoms in total. The van der Waals surface area contributed by atoms with Crippen LogP contribution in [0.1, 0.15) is 31.7 Å². The fraction of sp³-hybridized carbons (Fsp3) is 0.500. The molecule has 1 aromatic carbocycles. The van der Waals surface area contributed by atoms with Crippen molar-refractivity contribution in [1.82, 2.24) is 21.3 Å². The molecule has 0 aliphatic heterocycles. The van der Waals surface area contributed by atoms with E-state index in [1.807, 2.05) is 30.3 Å². The lowest BCUT2D eigenvalue weighted by molar-refractivity contribution is -0.133. The van der Waals surface area contributed by atoms with Gasteiger partial charge in [0.15, 0.2) is 0 Å². The third kappa shape index (κ3) is 10.5. The fourth-order valence-electron chi connectivity index (χ4n) is 2.49. The van der Waals surface area contributed by atoms with E-state index in [0.717, 1.165) is 31.5 Å². The Balaban J connectivity index is 2.41. The molecule has 1 unspecified atom stereocenters. The predicted molar refractivity (Wildman–Crippen MR) is 106 cm³/mol. The topological polar surface area (TPSA) is 116 Å². The summed E-state index contributed by atoms with van der Waals surface area (Å²) in [5.41, 5.74) is 0.980. The first kappa shape index (κ1) is 23.5. The van der Waals surface area contributed by atoms with Crippen LogP contribution in [0.4, 0.5) is 0 Å². The van der Waals surface area contributed by atoms with Gasteiger partial charge in [0.25, 0.3) is 12.2 Å². The van der Waals surface area contributed by atoms with Crippen molar-refractivity contribution in [2.45, 2.75) is 38.6 Å². The molecule has 0 spiro atoms. The number of amides is 3. The summed E-state index contributed by atoms with van der Waals surface area (Å²) in [4.78, 5) is 46.0. The second-order valence-electron chi connectivity index (χ2n) is 6.35. The summed E-state index contributed by atoms with van der Waals surface area (Å²) in [5.74, 6) is -2.16. The highest BCUT2D eigenvalue weighted by atomic mass is 16.2. The Hall–Kier alpha value is -2.58. The van der Waals surface area contributed by atoms with Crippen LogP contribution in [0, 0.1) is 0 Å². The second-order valence-corrected chi connectivity index (χ2v) is 6.35. The number of benzene rings is 1. The molecule has 8 heteroatoms. The van der Waals surface area contributed by atoms with E-state index in [4.69, 9.17) is 0 Å². The zero-order valence-electron chi connectivity index (χ0n) is 16.3. The minimum Gasteiger partial charge on any atom is -0.337 e. The van der Waals surface area contributed by atoms with Crippen molar-refractivity contribution in [3.63, 3.8) is 0 Å². The number of hydrogen-bond donors (Lipinski definition) is 4. The Morgan fingerprint density at radius 2 is 1.75 bits per heavy atom. The van der Waals surface area contributed by atoms with E-state index >= 15 is 0 Å². The first-order valence-corrected chi connectivity index (χ1v) is 9.54. The molecule has 28 heavy (non-hydrogen) atoms. The van der Waals surface area contributed by atoms with Crippen LogP contribution in [0.2, 0.25) is 0 Å². The first-order chi connectivity index (χ1) is 13.6. The van der Waals surface area contributed by atoms with E-state index in [9.17, 15) is 19.2 Å². The largest absolute Gasteiger partial charge is 0.337 e. The highest BCUT2D eigenvalue weighted by molar-refractivity contribution is 6.24. The number of unbranched alkanes of at least 4 members (excludes halogenated alkanes) is 1. The zero-order valence-corrected chi connectivity index (χ0v) is 16.3. The maximum Gasteiger partial charge on any atom is 0.296 e. The van der Waals surface area contributed by atoms with Gasteiger partial charge in [0, 0.05) is 13.1 Å². The van der Waals surface area contributed by atoms with Gasteiger partial charge in [-0.15, -0.1) is 0 Å². The molecule has 153 valence electrons. The number of rotatable bonds is 14. The Morgan fingerprint density at radius 1 is 1.04 bits per heavy atom. The average Bonchev–Trinajstić information content (AvgIpc) is 2.70. The molecule has 1 radical (unpaired) electrons. The maximum absolute atomic E-state index is 12.3. The third-order valence-corrected chi connectivity index (χ3v) is 4.01. The van der Waals surface area contributed by atoms with Crippen LogP contribution in [0.5, 0.6) is 0 Å². The third-order valence-electron chi connectivity index (χ3n) is 4.01. The Labute approximate surface area is 165 Å². The van der Waals surface area contributed by atoms with Gasteiger partial charge >= 0.3 is 0 Å². The van der Waals surface area contributed by atoms with E-state index in [1.165, 1.54) is 6.29 Å². The standard InChI is InChI=1S/C20H29N4O4/c1-2-3-11-21-12-13-22-14-18(26)24-20(28)17(23-19(27)15-25)10-9-16-7-5-4-6-8-16/h4-8,17,21-22H,2-3,9-14H2,1H3,(H,23,27)(H,24,26,28). The summed E-state index contributed by atoms with van der Waals surface area (Å²) in [7, 11) is 0. The monoisotopic (exact) mass is 389 g/mol. The van der Waals surface area contributed by atoms with Gasteiger partial charge < -0.3 is 16.0 Å². The van der Waals surface area contributed by atoms with Crippen LogP contribution in [0.15, 0.2) is 30.3 Å². The molecule has 0 saturated carbocycles. The van der Waals surface area contributed by atoms with Crippen LogP contribution < -0.4 is 21.3 Å². The molecule has 1 rings (SSSR count). The van der Waals surface area contributed by atoms with Gasteiger partial charge in [0.05, 0.1) is 6.54 Å². The summed E-state index contributed by atoms with van der Waals surface area (Å²) < 4.78 is 0. The normalized spacial score (nSPS) is 11.5. The lowest BCUT2D eigenvalue weighted by Gasteiger charge is -2.16. The fourth-order valence-corrected chi connectivity index (χ4v) is 2.49. The molecular formula is C20H29N4O4. The molecule has 1 aromatic rings. The highest BCUT2D eigenvalue weighted by Gasteiger charge is 2.22. The predicted octanol–water partition coefficient (Wildman–Crippen LogP) is -0.164. The van der Waals surface area contributed by atoms with E-state index in [1.54, 1.807) is 0 Å². The molecule has 0 saturated heterocycles. The number of carbonyl (C=O) groups is 3. The van der Waals surface area contributed by atoms with Crippen molar-refractivity contribution in [2.24, 2.45) is 0 Å². The lowest BCUT2D eigenvalue weighted by Crippen LogP contribution is -2.50. The Kier molecular flexibility index (Phi) is 12.1. The first-order valence-electron chi connectivity index (χ1n) is 9.54. The van der Waals surface area contributed by atoms with Gasteiger partial charge in [-0.2, -0.15) is 0 Å². The Morgan fingerprint density at radius 3 is 2.43 bits per heavy atom. The van der Waals surface area contributed by atoms with E-state index in [2.05, 4.69) is 28.2 Å². The van der Waals surface area contributed by atoms with Crippen molar-refractivity contribution in [3.05, 3.63) is 35.9 Å². The molecule has 0 bridgehead atoms. The van der Waals surface area contributed by atoms with Gasteiger partial charge in [-0.05, 0) is 31.4 Å². The lowest BCUT2D eigenvalue weighted by atomic mass is 10.0. The molecule has 0 aliphatic rings. The van der Waals surface area contributed by atoms with Crippen molar-refractivity contribution < 1.29 is 19.2 Å². The van der Waals surface area contributed by atoms with Crippen LogP contribution >= 0.6 is 0 Å². The molecule has 0 fully saturated rings. The van der Waals surface area contributed by atoms with Crippen LogP contribution in [-0.2, 0) is 25.6 Å². The van der Waals surface area contributed by atoms with Crippen molar-refractivity contribution in [2.75, 3.05) is 26.2 Å². The summed E-state index contributed by atoms with van der Waals surface area (Å²) in [6.07, 6.45) is 4.16. The zero-order chi connectivity index (χ0) is 20.6. The Bertz CT molecular complexity index is 622. The van der Waals surface area contributed by atoms with Crippen molar-refractivity contribution in [3.8, 4) is 0 Å². The molecule has 0 heterocycles. The van der Waals surface area contributed by atoms with E-state index in [0.29, 0.717) is 13.0 Å². The number of aryl methyl sites for hydroxylation is 1. The minimum atomic E-state index is -1.02. The molecule has 3 amide bonds. The molecular weight excluding hydrogens is 360 g/mol. The van der Waals surface area contributed by atoms with Crippen molar-refractivity contribution in [1.29, 1.82) is 0 Å². The summed E-state index contributed by atoms with van der Waals surface area (Å²) in [6, 6.07) is 8.41. The number of hydrogen-bond acceptors (Lipinski definition) is 6. The quantitative estimate of drug-likeness (QED) is 0.259. The SMILES string of the molecule is CCCCNCCNCC(=O)NC(=O)C(CCc1ccccc1)NC(=O)[C]=O. The summed E-state index contributed by atoms with van der Waals surface area (Å²) in [6.45, 7) is 4.36. The number of nitrogens with one attached hydrogen (secondary N) is 4. The maximum atomic E-state index is 12.3. The smallest absolute Gasteiger partial charge is 0.296 e. The average molecular weight is 389 g/mol. The minimum absolute atomic E-state index is 0.0135. The number of imide groups is 1. The van der Waals surface area contributed by atoms with Gasteiger partial charge in [-0.25, -0.2) is 0 Å². The summed E-state index contributed by atoms with van der Waals surface area (Å²) >= 11 is 0. The molecule has 1 atom stereocenters. The van der Waals surface area contributed by atoms with Gasteiger partial charge in [-0.1, -0.05) is 43.7 Å². The van der Waals surface area contributed by atoms with Crippen LogP contribution in [-0.4, -0.2) is 56.2 Å². The van der Waals surface area contributed by atoms with Gasteiger partial charge in [0.1, 0.15) is 6.04 Å². The highest BCUT2D eigenvalue weighted by Crippen LogP contribution is 2.05.